The lowest BCUT2D eigenvalue weighted by atomic mass is 10.0. The fraction of sp³-hybridized carbons (Fsp3) is 0.500. The van der Waals surface area contributed by atoms with E-state index in [1.54, 1.807) is 49.4 Å². The maximum Gasteiger partial charge on any atom is 0.257 e. The van der Waals surface area contributed by atoms with Crippen LogP contribution in [0.2, 0.25) is 0 Å². The summed E-state index contributed by atoms with van der Waals surface area (Å²) < 4.78 is 25.8. The van der Waals surface area contributed by atoms with E-state index in [-0.39, 0.29) is 41.6 Å². The van der Waals surface area contributed by atoms with Gasteiger partial charge in [-0.05, 0) is 61.6 Å². The van der Waals surface area contributed by atoms with Gasteiger partial charge in [-0.1, -0.05) is 19.1 Å². The number of nitrogens with one attached hydrogen (secondary N) is 1. The third-order valence-corrected chi connectivity index (χ3v) is 7.06. The van der Waals surface area contributed by atoms with Gasteiger partial charge in [-0.15, -0.1) is 0 Å². The Kier molecular flexibility index (Phi) is 8.26. The first-order valence-corrected chi connectivity index (χ1v) is 12.6. The topological polar surface area (TPSA) is 71.1 Å². The zero-order valence-corrected chi connectivity index (χ0v) is 21.5. The molecule has 0 radical (unpaired) electrons. The Morgan fingerprint density at radius 3 is 2.64 bits per heavy atom. The summed E-state index contributed by atoms with van der Waals surface area (Å²) in [6, 6.07) is 11.8. The van der Waals surface area contributed by atoms with Gasteiger partial charge in [-0.3, -0.25) is 14.5 Å². The van der Waals surface area contributed by atoms with Crippen molar-refractivity contribution in [2.45, 2.75) is 45.4 Å². The molecule has 3 atom stereocenters. The molecule has 0 bridgehead atoms. The van der Waals surface area contributed by atoms with Crippen LogP contribution in [-0.2, 0) is 16.1 Å². The molecule has 1 aliphatic carbocycles. The van der Waals surface area contributed by atoms with Gasteiger partial charge in [0.2, 0.25) is 5.91 Å². The van der Waals surface area contributed by atoms with E-state index >= 15 is 0 Å². The van der Waals surface area contributed by atoms with Crippen LogP contribution >= 0.6 is 0 Å². The second-order valence-corrected chi connectivity index (χ2v) is 10.1. The summed E-state index contributed by atoms with van der Waals surface area (Å²) in [4.78, 5) is 29.6. The predicted octanol–water partition coefficient (Wildman–Crippen LogP) is 4.18. The number of hydrogen-bond acceptors (Lipinski definition) is 5. The summed E-state index contributed by atoms with van der Waals surface area (Å²) in [5.74, 6) is 0.175. The number of benzene rings is 2. The van der Waals surface area contributed by atoms with E-state index in [0.717, 1.165) is 18.4 Å². The Morgan fingerprint density at radius 2 is 1.94 bits per heavy atom. The molecule has 36 heavy (non-hydrogen) atoms. The molecule has 0 spiro atoms. The van der Waals surface area contributed by atoms with Crippen molar-refractivity contribution in [2.75, 3.05) is 39.2 Å². The molecule has 4 rings (SSSR count). The smallest absolute Gasteiger partial charge is 0.257 e. The number of methoxy groups -OCH3 is 1. The maximum atomic E-state index is 13.9. The Balaban J connectivity index is 1.62. The van der Waals surface area contributed by atoms with Crippen LogP contribution in [0.4, 0.5) is 10.1 Å². The highest BCUT2D eigenvalue weighted by Gasteiger charge is 2.31. The highest BCUT2D eigenvalue weighted by atomic mass is 19.1. The zero-order chi connectivity index (χ0) is 25.8. The van der Waals surface area contributed by atoms with Crippen LogP contribution in [0.5, 0.6) is 5.75 Å². The van der Waals surface area contributed by atoms with Crippen molar-refractivity contribution in [2.24, 2.45) is 11.8 Å². The zero-order valence-electron chi connectivity index (χ0n) is 21.5. The van der Waals surface area contributed by atoms with Crippen molar-refractivity contribution in [3.05, 3.63) is 59.4 Å². The van der Waals surface area contributed by atoms with E-state index in [0.29, 0.717) is 43.2 Å². The Bertz CT molecular complexity index is 1090. The van der Waals surface area contributed by atoms with Crippen LogP contribution in [0.3, 0.4) is 0 Å². The van der Waals surface area contributed by atoms with E-state index in [1.807, 2.05) is 6.07 Å². The number of fused-ring (bicyclic) bond motifs is 1. The van der Waals surface area contributed by atoms with E-state index in [1.165, 1.54) is 6.07 Å². The number of ether oxygens (including phenoxy) is 2. The minimum atomic E-state index is -0.257. The third-order valence-electron chi connectivity index (χ3n) is 7.06. The van der Waals surface area contributed by atoms with E-state index in [2.05, 4.69) is 24.1 Å². The molecule has 0 saturated heterocycles. The number of carbonyl (C=O) groups excluding carboxylic acids is 2. The molecule has 1 fully saturated rings. The molecule has 2 aromatic carbocycles. The molecular formula is C28H36FN3O4. The molecule has 2 amide bonds. The van der Waals surface area contributed by atoms with Crippen LogP contribution in [0, 0.1) is 17.7 Å². The van der Waals surface area contributed by atoms with Gasteiger partial charge in [-0.2, -0.15) is 0 Å². The second-order valence-electron chi connectivity index (χ2n) is 10.1. The predicted molar refractivity (Wildman–Crippen MR) is 136 cm³/mol. The van der Waals surface area contributed by atoms with Gasteiger partial charge in [0, 0.05) is 51.4 Å². The first-order valence-electron chi connectivity index (χ1n) is 12.6. The van der Waals surface area contributed by atoms with Gasteiger partial charge in [0.1, 0.15) is 18.2 Å². The van der Waals surface area contributed by atoms with Gasteiger partial charge in [0.05, 0.1) is 11.7 Å². The third kappa shape index (κ3) is 6.42. The van der Waals surface area contributed by atoms with Gasteiger partial charge >= 0.3 is 0 Å². The summed E-state index contributed by atoms with van der Waals surface area (Å²) in [6.07, 6.45) is 1.62. The van der Waals surface area contributed by atoms with Crippen LogP contribution in [0.1, 0.15) is 42.6 Å². The molecule has 194 valence electrons. The molecule has 2 aliphatic rings. The molecule has 1 N–H and O–H groups in total. The summed E-state index contributed by atoms with van der Waals surface area (Å²) in [6.45, 7) is 6.17. The molecule has 0 aromatic heterocycles. The first kappa shape index (κ1) is 26.1. The molecule has 1 heterocycles. The van der Waals surface area contributed by atoms with Crippen LogP contribution in [0.15, 0.2) is 42.5 Å². The maximum absolute atomic E-state index is 13.9. The number of nitrogens with zero attached hydrogens (tertiary/aromatic N) is 2. The lowest BCUT2D eigenvalue weighted by Crippen LogP contribution is -2.46. The lowest BCUT2D eigenvalue weighted by Gasteiger charge is -2.36. The fourth-order valence-electron chi connectivity index (χ4n) is 4.61. The Morgan fingerprint density at radius 1 is 1.17 bits per heavy atom. The van der Waals surface area contributed by atoms with E-state index in [4.69, 9.17) is 9.47 Å². The monoisotopic (exact) mass is 497 g/mol. The summed E-state index contributed by atoms with van der Waals surface area (Å²) in [5, 5.41) is 2.92. The molecule has 2 aromatic rings. The molecule has 1 aliphatic heterocycles. The van der Waals surface area contributed by atoms with Crippen LogP contribution in [0.25, 0.3) is 0 Å². The number of amides is 2. The SMILES string of the molecule is CO[C@@H]1CN(C)C(=O)c2cc(NC(=O)C3CC3)ccc2OC[C@H](C)N(Cc2cccc(F)c2)C[C@@H]1C. The number of halogens is 1. The van der Waals surface area contributed by atoms with Gasteiger partial charge in [-0.25, -0.2) is 4.39 Å². The summed E-state index contributed by atoms with van der Waals surface area (Å²) in [7, 11) is 3.41. The highest BCUT2D eigenvalue weighted by Crippen LogP contribution is 2.31. The van der Waals surface area contributed by atoms with E-state index in [9.17, 15) is 14.0 Å². The summed E-state index contributed by atoms with van der Waals surface area (Å²) in [5.41, 5.74) is 1.87. The van der Waals surface area contributed by atoms with Gasteiger partial charge in [0.25, 0.3) is 5.91 Å². The van der Waals surface area contributed by atoms with Crippen LogP contribution in [-0.4, -0.2) is 67.6 Å². The standard InChI is InChI=1S/C28H36FN3O4/c1-18-14-32(15-20-6-5-7-22(29)12-20)19(2)17-36-25-11-10-23(30-27(33)21-8-9-21)13-24(25)28(34)31(3)16-26(18)35-4/h5-7,10-13,18-19,21,26H,8-9,14-17H2,1-4H3,(H,30,33)/t18-,19-,26+/m0/s1. The van der Waals surface area contributed by atoms with Gasteiger partial charge < -0.3 is 19.7 Å². The Hall–Kier alpha value is -2.97. The highest BCUT2D eigenvalue weighted by molar-refractivity contribution is 6.00. The molecule has 1 saturated carbocycles. The fourth-order valence-corrected chi connectivity index (χ4v) is 4.61. The number of anilines is 1. The minimum Gasteiger partial charge on any atom is -0.491 e. The molecular weight excluding hydrogens is 461 g/mol. The average Bonchev–Trinajstić information content (AvgIpc) is 3.70. The summed E-state index contributed by atoms with van der Waals surface area (Å²) >= 11 is 0. The average molecular weight is 498 g/mol. The van der Waals surface area contributed by atoms with Crippen molar-refractivity contribution in [1.82, 2.24) is 9.80 Å². The Labute approximate surface area is 212 Å². The molecule has 8 heteroatoms. The van der Waals surface area contributed by atoms with Crippen molar-refractivity contribution >= 4 is 17.5 Å². The normalized spacial score (nSPS) is 23.8. The first-order chi connectivity index (χ1) is 17.2. The number of hydrogen-bond donors (Lipinski definition) is 1. The van der Waals surface area contributed by atoms with Crippen molar-refractivity contribution < 1.29 is 23.5 Å². The van der Waals surface area contributed by atoms with Crippen molar-refractivity contribution in [1.29, 1.82) is 0 Å². The van der Waals surface area contributed by atoms with Crippen molar-refractivity contribution in [3.8, 4) is 5.75 Å². The molecule has 0 unspecified atom stereocenters. The van der Waals surface area contributed by atoms with Crippen molar-refractivity contribution in [3.63, 3.8) is 0 Å². The number of rotatable bonds is 5. The largest absolute Gasteiger partial charge is 0.491 e. The number of carbonyl (C=O) groups is 2. The van der Waals surface area contributed by atoms with Gasteiger partial charge in [0.15, 0.2) is 0 Å². The van der Waals surface area contributed by atoms with Crippen LogP contribution < -0.4 is 10.1 Å². The second kappa shape index (κ2) is 11.4. The molecule has 7 nitrogen and oxygen atoms in total. The lowest BCUT2D eigenvalue weighted by molar-refractivity contribution is -0.117. The van der Waals surface area contributed by atoms with E-state index < -0.39 is 0 Å². The number of likely N-dealkylation sites (N-methyl/N-ethyl adjacent to an activating group) is 1. The quantitative estimate of drug-likeness (QED) is 0.671. The minimum absolute atomic E-state index is 0.0115.